The summed E-state index contributed by atoms with van der Waals surface area (Å²) in [6, 6.07) is 27.9. The van der Waals surface area contributed by atoms with E-state index in [1.54, 1.807) is 48.5 Å². The number of ether oxygens (including phenoxy) is 2. The number of benzene rings is 4. The number of fused-ring (bicyclic) bond motifs is 1. The van der Waals surface area contributed by atoms with Crippen LogP contribution in [0, 0.1) is 10.1 Å². The van der Waals surface area contributed by atoms with E-state index in [0.29, 0.717) is 33.8 Å². The molecule has 0 unspecified atom stereocenters. The van der Waals surface area contributed by atoms with Crippen molar-refractivity contribution in [3.8, 4) is 22.9 Å². The van der Waals surface area contributed by atoms with Gasteiger partial charge in [0.05, 0.1) is 29.2 Å². The van der Waals surface area contributed by atoms with Gasteiger partial charge in [0.1, 0.15) is 6.61 Å². The molecular formula is C29H22N4O5. The van der Waals surface area contributed by atoms with Gasteiger partial charge in [0, 0.05) is 23.3 Å². The third kappa shape index (κ3) is 4.98. The van der Waals surface area contributed by atoms with Crippen molar-refractivity contribution in [3.63, 3.8) is 0 Å². The Kier molecular flexibility index (Phi) is 6.90. The number of non-ortho nitro benzene ring substituents is 1. The third-order valence-electron chi connectivity index (χ3n) is 5.86. The molecule has 0 aliphatic carbocycles. The highest BCUT2D eigenvalue weighted by Gasteiger charge is 2.14. The van der Waals surface area contributed by atoms with E-state index in [9.17, 15) is 14.9 Å². The molecule has 0 fully saturated rings. The predicted molar refractivity (Wildman–Crippen MR) is 145 cm³/mol. The fourth-order valence-electron chi connectivity index (χ4n) is 3.94. The molecule has 0 radical (unpaired) electrons. The maximum Gasteiger partial charge on any atom is 0.282 e. The second-order valence-corrected chi connectivity index (χ2v) is 8.27. The van der Waals surface area contributed by atoms with Gasteiger partial charge in [-0.2, -0.15) is 9.78 Å². The normalized spacial score (nSPS) is 11.1. The largest absolute Gasteiger partial charge is 0.493 e. The molecule has 4 aromatic carbocycles. The zero-order chi connectivity index (χ0) is 26.5. The van der Waals surface area contributed by atoms with Crippen molar-refractivity contribution in [3.05, 3.63) is 129 Å². The summed E-state index contributed by atoms with van der Waals surface area (Å²) in [5.41, 5.74) is 2.34. The number of hydrogen-bond acceptors (Lipinski definition) is 7. The molecule has 1 aromatic heterocycles. The first-order valence-electron chi connectivity index (χ1n) is 11.7. The molecule has 0 spiro atoms. The van der Waals surface area contributed by atoms with Gasteiger partial charge in [-0.1, -0.05) is 48.5 Å². The molecule has 0 aliphatic heterocycles. The summed E-state index contributed by atoms with van der Waals surface area (Å²) in [7, 11) is 1.53. The van der Waals surface area contributed by atoms with Gasteiger partial charge in [0.2, 0.25) is 0 Å². The van der Waals surface area contributed by atoms with Crippen molar-refractivity contribution in [2.24, 2.45) is 5.10 Å². The third-order valence-corrected chi connectivity index (χ3v) is 5.86. The topological polar surface area (TPSA) is 109 Å². The number of hydrogen-bond donors (Lipinski definition) is 0. The lowest BCUT2D eigenvalue weighted by Gasteiger charge is -2.14. The van der Waals surface area contributed by atoms with Gasteiger partial charge in [-0.25, -0.2) is 4.98 Å². The Labute approximate surface area is 217 Å². The lowest BCUT2D eigenvalue weighted by Crippen LogP contribution is -2.20. The summed E-state index contributed by atoms with van der Waals surface area (Å²) < 4.78 is 12.8. The Bertz CT molecular complexity index is 1700. The van der Waals surface area contributed by atoms with E-state index in [0.717, 1.165) is 11.1 Å². The van der Waals surface area contributed by atoms with E-state index in [1.807, 2.05) is 36.4 Å². The zero-order valence-corrected chi connectivity index (χ0v) is 20.4. The predicted octanol–water partition coefficient (Wildman–Crippen LogP) is 5.44. The summed E-state index contributed by atoms with van der Waals surface area (Å²) in [6.07, 6.45) is 1.53. The molecule has 5 rings (SSSR count). The van der Waals surface area contributed by atoms with Crippen molar-refractivity contribution in [1.82, 2.24) is 9.66 Å². The van der Waals surface area contributed by atoms with E-state index in [-0.39, 0.29) is 17.9 Å². The first-order chi connectivity index (χ1) is 18.5. The van der Waals surface area contributed by atoms with E-state index >= 15 is 0 Å². The summed E-state index contributed by atoms with van der Waals surface area (Å²) in [5.74, 6) is 1.30. The molecule has 0 bridgehead atoms. The van der Waals surface area contributed by atoms with Crippen molar-refractivity contribution >= 4 is 22.8 Å². The molecule has 5 aromatic rings. The molecular weight excluding hydrogens is 484 g/mol. The number of nitrogens with zero attached hydrogens (tertiary/aromatic N) is 4. The van der Waals surface area contributed by atoms with Gasteiger partial charge < -0.3 is 9.47 Å². The summed E-state index contributed by atoms with van der Waals surface area (Å²) >= 11 is 0. The van der Waals surface area contributed by atoms with Crippen LogP contribution in [0.5, 0.6) is 11.5 Å². The molecule has 9 nitrogen and oxygen atoms in total. The van der Waals surface area contributed by atoms with Crippen LogP contribution in [0.25, 0.3) is 22.3 Å². The van der Waals surface area contributed by atoms with Gasteiger partial charge in [-0.05, 0) is 42.0 Å². The minimum atomic E-state index is -0.452. The van der Waals surface area contributed by atoms with Crippen molar-refractivity contribution in [1.29, 1.82) is 0 Å². The minimum absolute atomic E-state index is 0.00233. The molecule has 0 amide bonds. The average molecular weight is 507 g/mol. The van der Waals surface area contributed by atoms with E-state index in [2.05, 4.69) is 5.10 Å². The van der Waals surface area contributed by atoms with E-state index < -0.39 is 4.92 Å². The molecule has 0 saturated carbocycles. The maximum absolute atomic E-state index is 13.4. The second kappa shape index (κ2) is 10.8. The lowest BCUT2D eigenvalue weighted by atomic mass is 10.2. The van der Waals surface area contributed by atoms with Crippen LogP contribution in [-0.4, -0.2) is 27.9 Å². The fraction of sp³-hybridized carbons (Fsp3) is 0.0690. The standard InChI is InChI=1S/C29H22N4O5/c1-37-26-13-7-10-22(27(26)38-19-20-14-16-23(17-15-20)33(35)36)18-30-32-28(21-8-3-2-4-9-21)31-25-12-6-5-11-24(25)29(32)34/h2-18H,19H2,1H3. The van der Waals surface area contributed by atoms with Crippen LogP contribution >= 0.6 is 0 Å². The van der Waals surface area contributed by atoms with Crippen LogP contribution in [0.15, 0.2) is 107 Å². The molecule has 0 aliphatic rings. The van der Waals surface area contributed by atoms with Gasteiger partial charge in [0.25, 0.3) is 11.2 Å². The van der Waals surface area contributed by atoms with Crippen LogP contribution in [0.3, 0.4) is 0 Å². The first-order valence-corrected chi connectivity index (χ1v) is 11.7. The van der Waals surface area contributed by atoms with E-state index in [4.69, 9.17) is 14.5 Å². The van der Waals surface area contributed by atoms with Crippen molar-refractivity contribution in [2.45, 2.75) is 6.61 Å². The fourth-order valence-corrected chi connectivity index (χ4v) is 3.94. The van der Waals surface area contributed by atoms with Gasteiger partial charge in [0.15, 0.2) is 17.3 Å². The quantitative estimate of drug-likeness (QED) is 0.157. The van der Waals surface area contributed by atoms with Crippen LogP contribution in [0.4, 0.5) is 5.69 Å². The number of nitro benzene ring substituents is 1. The molecule has 38 heavy (non-hydrogen) atoms. The maximum atomic E-state index is 13.4. The van der Waals surface area contributed by atoms with Crippen LogP contribution in [0.2, 0.25) is 0 Å². The Balaban J connectivity index is 1.54. The van der Waals surface area contributed by atoms with Crippen molar-refractivity contribution in [2.75, 3.05) is 7.11 Å². The molecule has 0 saturated heterocycles. The highest BCUT2D eigenvalue weighted by atomic mass is 16.6. The van der Waals surface area contributed by atoms with Gasteiger partial charge in [-0.3, -0.25) is 14.9 Å². The average Bonchev–Trinajstić information content (AvgIpc) is 2.96. The Morgan fingerprint density at radius 3 is 2.42 bits per heavy atom. The Morgan fingerprint density at radius 2 is 1.68 bits per heavy atom. The van der Waals surface area contributed by atoms with Crippen LogP contribution in [0.1, 0.15) is 11.1 Å². The number of aromatic nitrogens is 2. The second-order valence-electron chi connectivity index (χ2n) is 8.27. The van der Waals surface area contributed by atoms with Gasteiger partial charge >= 0.3 is 0 Å². The number of rotatable bonds is 8. The molecule has 0 N–H and O–H groups in total. The highest BCUT2D eigenvalue weighted by molar-refractivity contribution is 5.86. The zero-order valence-electron chi connectivity index (χ0n) is 20.4. The van der Waals surface area contributed by atoms with Crippen LogP contribution in [-0.2, 0) is 6.61 Å². The monoisotopic (exact) mass is 506 g/mol. The lowest BCUT2D eigenvalue weighted by molar-refractivity contribution is -0.384. The molecule has 1 heterocycles. The summed E-state index contributed by atoms with van der Waals surface area (Å²) in [6.45, 7) is 0.145. The Morgan fingerprint density at radius 1 is 0.947 bits per heavy atom. The number of nitro groups is 1. The SMILES string of the molecule is COc1cccc(C=Nn2c(-c3ccccc3)nc3ccccc3c2=O)c1OCc1ccc([N+](=O)[O-])cc1. The molecule has 0 atom stereocenters. The van der Waals surface area contributed by atoms with Crippen molar-refractivity contribution < 1.29 is 14.4 Å². The highest BCUT2D eigenvalue weighted by Crippen LogP contribution is 2.31. The summed E-state index contributed by atoms with van der Waals surface area (Å²) in [4.78, 5) is 28.6. The van der Waals surface area contributed by atoms with Gasteiger partial charge in [-0.15, -0.1) is 0 Å². The summed E-state index contributed by atoms with van der Waals surface area (Å²) in [5, 5.41) is 15.9. The Hall–Kier alpha value is -5.31. The molecule has 9 heteroatoms. The number of para-hydroxylation sites is 2. The molecule has 188 valence electrons. The smallest absolute Gasteiger partial charge is 0.282 e. The first kappa shape index (κ1) is 24.4. The number of methoxy groups -OCH3 is 1. The van der Waals surface area contributed by atoms with E-state index in [1.165, 1.54) is 30.1 Å². The van der Waals surface area contributed by atoms with Crippen LogP contribution < -0.4 is 15.0 Å². The minimum Gasteiger partial charge on any atom is -0.493 e.